The van der Waals surface area contributed by atoms with Crippen molar-refractivity contribution < 1.29 is 9.47 Å². The van der Waals surface area contributed by atoms with Crippen molar-refractivity contribution in [3.8, 4) is 11.5 Å². The molecule has 0 unspecified atom stereocenters. The molecule has 0 bridgehead atoms. The Morgan fingerprint density at radius 3 is 2.63 bits per heavy atom. The van der Waals surface area contributed by atoms with Gasteiger partial charge in [-0.15, -0.1) is 0 Å². The van der Waals surface area contributed by atoms with Gasteiger partial charge in [0.1, 0.15) is 11.5 Å². The molecule has 1 aliphatic rings. The molecule has 0 saturated carbocycles. The van der Waals surface area contributed by atoms with E-state index in [1.807, 2.05) is 6.07 Å². The van der Waals surface area contributed by atoms with Crippen LogP contribution in [0.5, 0.6) is 11.5 Å². The van der Waals surface area contributed by atoms with Crippen LogP contribution in [0.15, 0.2) is 12.1 Å². The average Bonchev–Trinajstić information content (AvgIpc) is 2.43. The normalized spacial score (nSPS) is 15.4. The lowest BCUT2D eigenvalue weighted by Crippen LogP contribution is -2.36. The van der Waals surface area contributed by atoms with E-state index < -0.39 is 0 Å². The molecule has 1 aromatic rings. The zero-order valence-corrected chi connectivity index (χ0v) is 12.4. The number of methoxy groups -OCH3 is 2. The van der Waals surface area contributed by atoms with Crippen LogP contribution >= 0.6 is 0 Å². The molecule has 0 spiro atoms. The van der Waals surface area contributed by atoms with Gasteiger partial charge in [0, 0.05) is 37.8 Å². The Morgan fingerprint density at radius 1 is 1.21 bits per heavy atom. The van der Waals surface area contributed by atoms with Crippen LogP contribution in [-0.2, 0) is 13.0 Å². The van der Waals surface area contributed by atoms with Gasteiger partial charge in [0.15, 0.2) is 0 Å². The third-order valence-electron chi connectivity index (χ3n) is 3.67. The minimum atomic E-state index is 0.880. The van der Waals surface area contributed by atoms with E-state index in [1.165, 1.54) is 11.1 Å². The van der Waals surface area contributed by atoms with Gasteiger partial charge in [-0.1, -0.05) is 0 Å². The summed E-state index contributed by atoms with van der Waals surface area (Å²) >= 11 is 0. The van der Waals surface area contributed by atoms with Gasteiger partial charge in [-0.05, 0) is 32.1 Å². The second-order valence-electron chi connectivity index (χ2n) is 5.30. The van der Waals surface area contributed by atoms with Gasteiger partial charge >= 0.3 is 0 Å². The zero-order valence-electron chi connectivity index (χ0n) is 12.4. The molecule has 4 heteroatoms. The van der Waals surface area contributed by atoms with Crippen molar-refractivity contribution in [3.63, 3.8) is 0 Å². The fourth-order valence-corrected chi connectivity index (χ4v) is 2.52. The summed E-state index contributed by atoms with van der Waals surface area (Å²) in [6.07, 6.45) is 1.05. The van der Waals surface area contributed by atoms with Crippen molar-refractivity contribution in [1.82, 2.24) is 9.80 Å². The summed E-state index contributed by atoms with van der Waals surface area (Å²) in [6.45, 7) is 4.28. The monoisotopic (exact) mass is 264 g/mol. The minimum absolute atomic E-state index is 0.880. The van der Waals surface area contributed by atoms with E-state index in [0.717, 1.165) is 44.1 Å². The third kappa shape index (κ3) is 3.39. The second kappa shape index (κ2) is 6.26. The molecule has 1 aromatic carbocycles. The molecule has 19 heavy (non-hydrogen) atoms. The van der Waals surface area contributed by atoms with Crippen LogP contribution in [0.4, 0.5) is 0 Å². The Labute approximate surface area is 115 Å². The SMILES string of the molecule is COc1cc2c(c(OC)c1)CCN(CCN(C)C)C2. The lowest BCUT2D eigenvalue weighted by molar-refractivity contribution is 0.223. The van der Waals surface area contributed by atoms with E-state index in [-0.39, 0.29) is 0 Å². The molecule has 106 valence electrons. The first kappa shape index (κ1) is 14.2. The van der Waals surface area contributed by atoms with Crippen molar-refractivity contribution in [2.24, 2.45) is 0 Å². The van der Waals surface area contributed by atoms with Crippen LogP contribution < -0.4 is 9.47 Å². The molecule has 0 fully saturated rings. The molecule has 0 radical (unpaired) electrons. The largest absolute Gasteiger partial charge is 0.497 e. The molecular weight excluding hydrogens is 240 g/mol. The van der Waals surface area contributed by atoms with Gasteiger partial charge in [-0.2, -0.15) is 0 Å². The van der Waals surface area contributed by atoms with E-state index in [0.29, 0.717) is 0 Å². The Kier molecular flexibility index (Phi) is 4.66. The number of hydrogen-bond acceptors (Lipinski definition) is 4. The Bertz CT molecular complexity index is 432. The highest BCUT2D eigenvalue weighted by Gasteiger charge is 2.20. The number of benzene rings is 1. The molecule has 1 heterocycles. The van der Waals surface area contributed by atoms with Crippen LogP contribution in [-0.4, -0.2) is 57.7 Å². The first-order valence-electron chi connectivity index (χ1n) is 6.75. The average molecular weight is 264 g/mol. The summed E-state index contributed by atoms with van der Waals surface area (Å²) in [5.41, 5.74) is 2.67. The van der Waals surface area contributed by atoms with Gasteiger partial charge in [0.25, 0.3) is 0 Å². The topological polar surface area (TPSA) is 24.9 Å². The fraction of sp³-hybridized carbons (Fsp3) is 0.600. The quantitative estimate of drug-likeness (QED) is 0.807. The first-order valence-corrected chi connectivity index (χ1v) is 6.75. The molecule has 0 aliphatic carbocycles. The summed E-state index contributed by atoms with van der Waals surface area (Å²) < 4.78 is 10.8. The summed E-state index contributed by atoms with van der Waals surface area (Å²) in [5, 5.41) is 0. The van der Waals surface area contributed by atoms with Crippen molar-refractivity contribution in [3.05, 3.63) is 23.3 Å². The maximum atomic E-state index is 5.48. The van der Waals surface area contributed by atoms with E-state index in [1.54, 1.807) is 14.2 Å². The number of rotatable bonds is 5. The van der Waals surface area contributed by atoms with E-state index >= 15 is 0 Å². The fourth-order valence-electron chi connectivity index (χ4n) is 2.52. The van der Waals surface area contributed by atoms with Crippen LogP contribution in [0, 0.1) is 0 Å². The summed E-state index contributed by atoms with van der Waals surface area (Å²) in [6, 6.07) is 4.12. The molecular formula is C15H24N2O2. The van der Waals surface area contributed by atoms with Gasteiger partial charge in [-0.25, -0.2) is 0 Å². The predicted molar refractivity (Wildman–Crippen MR) is 77.1 cm³/mol. The Hall–Kier alpha value is -1.26. The lowest BCUT2D eigenvalue weighted by atomic mass is 9.98. The number of fused-ring (bicyclic) bond motifs is 1. The van der Waals surface area contributed by atoms with E-state index in [4.69, 9.17) is 9.47 Å². The van der Waals surface area contributed by atoms with Crippen molar-refractivity contribution in [2.45, 2.75) is 13.0 Å². The van der Waals surface area contributed by atoms with Gasteiger partial charge in [-0.3, -0.25) is 4.90 Å². The number of nitrogens with zero attached hydrogens (tertiary/aromatic N) is 2. The molecule has 1 aliphatic heterocycles. The van der Waals surface area contributed by atoms with Crippen LogP contribution in [0.25, 0.3) is 0 Å². The third-order valence-corrected chi connectivity index (χ3v) is 3.67. The Morgan fingerprint density at radius 2 is 2.00 bits per heavy atom. The lowest BCUT2D eigenvalue weighted by Gasteiger charge is -2.30. The van der Waals surface area contributed by atoms with Crippen molar-refractivity contribution in [1.29, 1.82) is 0 Å². The number of likely N-dealkylation sites (N-methyl/N-ethyl adjacent to an activating group) is 1. The van der Waals surface area contributed by atoms with Gasteiger partial charge in [0.05, 0.1) is 14.2 Å². The van der Waals surface area contributed by atoms with Gasteiger partial charge < -0.3 is 14.4 Å². The van der Waals surface area contributed by atoms with Crippen molar-refractivity contribution in [2.75, 3.05) is 47.9 Å². The second-order valence-corrected chi connectivity index (χ2v) is 5.30. The number of hydrogen-bond donors (Lipinski definition) is 0. The first-order chi connectivity index (χ1) is 9.13. The van der Waals surface area contributed by atoms with Crippen LogP contribution in [0.1, 0.15) is 11.1 Å². The Balaban J connectivity index is 2.14. The van der Waals surface area contributed by atoms with Crippen LogP contribution in [0.2, 0.25) is 0 Å². The highest BCUT2D eigenvalue weighted by molar-refractivity contribution is 5.47. The molecule has 0 aromatic heterocycles. The number of ether oxygens (including phenoxy) is 2. The molecule has 0 saturated heterocycles. The highest BCUT2D eigenvalue weighted by atomic mass is 16.5. The van der Waals surface area contributed by atoms with Gasteiger partial charge in [0.2, 0.25) is 0 Å². The molecule has 0 N–H and O–H groups in total. The summed E-state index contributed by atoms with van der Waals surface area (Å²) in [5.74, 6) is 1.84. The highest BCUT2D eigenvalue weighted by Crippen LogP contribution is 2.32. The minimum Gasteiger partial charge on any atom is -0.497 e. The summed E-state index contributed by atoms with van der Waals surface area (Å²) in [4.78, 5) is 4.71. The van der Waals surface area contributed by atoms with E-state index in [9.17, 15) is 0 Å². The molecule has 0 atom stereocenters. The molecule has 2 rings (SSSR count). The molecule has 0 amide bonds. The maximum absolute atomic E-state index is 5.48. The van der Waals surface area contributed by atoms with E-state index in [2.05, 4.69) is 30.0 Å². The molecule has 4 nitrogen and oxygen atoms in total. The predicted octanol–water partition coefficient (Wildman–Crippen LogP) is 1.62. The standard InChI is InChI=1S/C15H24N2O2/c1-16(2)7-8-17-6-5-14-12(11-17)9-13(18-3)10-15(14)19-4/h9-10H,5-8,11H2,1-4H3. The maximum Gasteiger partial charge on any atom is 0.126 e. The van der Waals surface area contributed by atoms with Crippen LogP contribution in [0.3, 0.4) is 0 Å². The summed E-state index contributed by atoms with van der Waals surface area (Å²) in [7, 11) is 7.66. The van der Waals surface area contributed by atoms with Crippen molar-refractivity contribution >= 4 is 0 Å². The zero-order chi connectivity index (χ0) is 13.8. The smallest absolute Gasteiger partial charge is 0.126 e.